The highest BCUT2D eigenvalue weighted by atomic mass is 35.5. The Morgan fingerprint density at radius 3 is 2.14 bits per heavy atom. The summed E-state index contributed by atoms with van der Waals surface area (Å²) < 4.78 is 36.4. The molecule has 0 radical (unpaired) electrons. The average molecular weight is 688 g/mol. The van der Waals surface area contributed by atoms with Gasteiger partial charge in [0.2, 0.25) is 11.8 Å². The molecule has 0 atom stereocenters. The van der Waals surface area contributed by atoms with E-state index in [0.29, 0.717) is 46.0 Å². The van der Waals surface area contributed by atoms with Gasteiger partial charge in [0, 0.05) is 21.8 Å². The first-order valence-corrected chi connectivity index (χ1v) is 16.8. The van der Waals surface area contributed by atoms with Gasteiger partial charge in [-0.1, -0.05) is 72.3 Å². The lowest BCUT2D eigenvalue weighted by atomic mass is 10.1. The molecule has 0 bridgehead atoms. The summed E-state index contributed by atoms with van der Waals surface area (Å²) in [5.74, 6) is 1.03. The Labute approximate surface area is 287 Å². The topological polar surface area (TPSA) is 127 Å². The maximum Gasteiger partial charge on any atom is 0.339 e. The molecule has 242 valence electrons. The van der Waals surface area contributed by atoms with Crippen molar-refractivity contribution >= 4 is 50.9 Å². The molecule has 1 aliphatic heterocycles. The molecule has 0 saturated heterocycles. The van der Waals surface area contributed by atoms with Crippen LogP contribution < -0.4 is 14.4 Å². The molecule has 0 saturated carbocycles. The van der Waals surface area contributed by atoms with Crippen molar-refractivity contribution in [3.63, 3.8) is 0 Å². The van der Waals surface area contributed by atoms with E-state index in [-0.39, 0.29) is 22.2 Å². The molecule has 1 aliphatic rings. The Kier molecular flexibility index (Phi) is 8.75. The van der Waals surface area contributed by atoms with E-state index in [0.717, 1.165) is 11.3 Å². The summed E-state index contributed by atoms with van der Waals surface area (Å²) in [6.07, 6.45) is 1.65. The number of amidine groups is 1. The van der Waals surface area contributed by atoms with Crippen LogP contribution in [0.5, 0.6) is 5.75 Å². The molecule has 1 N–H and O–H groups in total. The maximum absolute atomic E-state index is 13.9. The number of nitrogens with one attached hydrogen (secondary N) is 1. The van der Waals surface area contributed by atoms with Gasteiger partial charge in [-0.15, -0.1) is 10.2 Å². The smallest absolute Gasteiger partial charge is 0.339 e. The Morgan fingerprint density at radius 1 is 0.776 bits per heavy atom. The van der Waals surface area contributed by atoms with E-state index in [9.17, 15) is 13.2 Å². The summed E-state index contributed by atoms with van der Waals surface area (Å²) in [4.78, 5) is 20.2. The number of carbonyl (C=O) groups excluding carboxylic acids is 1. The van der Waals surface area contributed by atoms with Crippen LogP contribution >= 0.6 is 11.6 Å². The van der Waals surface area contributed by atoms with Gasteiger partial charge in [-0.2, -0.15) is 8.42 Å². The molecule has 2 heterocycles. The largest absolute Gasteiger partial charge is 0.419 e. The molecule has 7 rings (SSSR count). The first-order chi connectivity index (χ1) is 23.8. The van der Waals surface area contributed by atoms with E-state index in [2.05, 4.69) is 15.5 Å². The monoisotopic (exact) mass is 687 g/mol. The average Bonchev–Trinajstić information content (AvgIpc) is 3.74. The molecule has 6 aromatic rings. The summed E-state index contributed by atoms with van der Waals surface area (Å²) in [6.45, 7) is 0.337. The lowest BCUT2D eigenvalue weighted by molar-refractivity contribution is -0.113. The Balaban J connectivity index is 1.10. The van der Waals surface area contributed by atoms with Crippen molar-refractivity contribution in [1.29, 1.82) is 0 Å². The molecule has 0 unspecified atom stereocenters. The van der Waals surface area contributed by atoms with Crippen LogP contribution in [0.2, 0.25) is 5.02 Å². The minimum atomic E-state index is -3.99. The van der Waals surface area contributed by atoms with E-state index in [1.165, 1.54) is 24.3 Å². The van der Waals surface area contributed by atoms with Gasteiger partial charge in [0.25, 0.3) is 5.91 Å². The van der Waals surface area contributed by atoms with Crippen molar-refractivity contribution < 1.29 is 21.8 Å². The third kappa shape index (κ3) is 7.13. The first kappa shape index (κ1) is 31.6. The number of hydrogen-bond acceptors (Lipinski definition) is 9. The predicted octanol–water partition coefficient (Wildman–Crippen LogP) is 7.60. The number of aromatic nitrogens is 2. The molecular weight excluding hydrogens is 662 g/mol. The van der Waals surface area contributed by atoms with E-state index in [1.807, 2.05) is 42.5 Å². The van der Waals surface area contributed by atoms with Crippen molar-refractivity contribution in [3.05, 3.63) is 161 Å². The maximum atomic E-state index is 13.9. The van der Waals surface area contributed by atoms with Gasteiger partial charge in [0.1, 0.15) is 22.2 Å². The Bertz CT molecular complexity index is 2270. The molecule has 0 fully saturated rings. The van der Waals surface area contributed by atoms with Gasteiger partial charge in [-0.3, -0.25) is 9.69 Å². The SMILES string of the molecule is O=C1/C(=C/c2ccc(OS(=O)(=O)c3ccccc3)cc2)N=C(c2ccccc2)N1c1ccc(-c2nnc(CNc3ccc(Cl)cc3)o2)cc1. The molecular formula is C37H26ClN5O5S. The molecule has 12 heteroatoms. The van der Waals surface area contributed by atoms with Gasteiger partial charge in [-0.25, -0.2) is 4.99 Å². The molecule has 0 spiro atoms. The number of anilines is 2. The fourth-order valence-electron chi connectivity index (χ4n) is 5.02. The zero-order valence-corrected chi connectivity index (χ0v) is 27.2. The summed E-state index contributed by atoms with van der Waals surface area (Å²) in [6, 6.07) is 38.2. The predicted molar refractivity (Wildman–Crippen MR) is 188 cm³/mol. The first-order valence-electron chi connectivity index (χ1n) is 15.0. The standard InChI is InChI=1S/C37H26ClN5O5S/c38-28-15-17-29(18-16-28)39-24-34-41-42-36(47-34)27-13-19-30(20-14-27)43-35(26-7-3-1-4-8-26)40-33(37(43)44)23-25-11-21-31(22-12-25)48-49(45,46)32-9-5-2-6-10-32/h1-23,39H,24H2/b33-23-. The van der Waals surface area contributed by atoms with Crippen LogP contribution in [0.4, 0.5) is 11.4 Å². The molecule has 1 aromatic heterocycles. The Morgan fingerprint density at radius 2 is 1.45 bits per heavy atom. The highest BCUT2D eigenvalue weighted by molar-refractivity contribution is 7.87. The van der Waals surface area contributed by atoms with Crippen LogP contribution in [0.15, 0.2) is 153 Å². The zero-order chi connectivity index (χ0) is 33.8. The van der Waals surface area contributed by atoms with E-state index in [1.54, 1.807) is 77.7 Å². The fraction of sp³-hybridized carbons (Fsp3) is 0.0270. The normalized spacial score (nSPS) is 13.8. The summed E-state index contributed by atoms with van der Waals surface area (Å²) in [5, 5.41) is 12.2. The van der Waals surface area contributed by atoms with Crippen molar-refractivity contribution in [2.45, 2.75) is 11.4 Å². The molecule has 5 aromatic carbocycles. The molecule has 10 nitrogen and oxygen atoms in total. The van der Waals surface area contributed by atoms with Crippen molar-refractivity contribution in [3.8, 4) is 17.2 Å². The number of aliphatic imine (C=N–C) groups is 1. The number of benzene rings is 5. The fourth-order valence-corrected chi connectivity index (χ4v) is 6.09. The van der Waals surface area contributed by atoms with Crippen molar-refractivity contribution in [2.24, 2.45) is 4.99 Å². The van der Waals surface area contributed by atoms with Gasteiger partial charge in [0.15, 0.2) is 0 Å². The number of halogens is 1. The lowest BCUT2D eigenvalue weighted by Crippen LogP contribution is -2.32. The summed E-state index contributed by atoms with van der Waals surface area (Å²) in [7, 11) is -3.99. The number of rotatable bonds is 10. The van der Waals surface area contributed by atoms with E-state index < -0.39 is 10.1 Å². The Hall–Kier alpha value is -6.04. The van der Waals surface area contributed by atoms with E-state index in [4.69, 9.17) is 25.2 Å². The second-order valence-corrected chi connectivity index (χ2v) is 12.8. The van der Waals surface area contributed by atoms with Crippen LogP contribution in [0.25, 0.3) is 17.5 Å². The van der Waals surface area contributed by atoms with E-state index >= 15 is 0 Å². The van der Waals surface area contributed by atoms with Crippen LogP contribution in [0.3, 0.4) is 0 Å². The highest BCUT2D eigenvalue weighted by Gasteiger charge is 2.32. The number of amides is 1. The van der Waals surface area contributed by atoms with Crippen molar-refractivity contribution in [1.82, 2.24) is 10.2 Å². The van der Waals surface area contributed by atoms with Crippen LogP contribution in [-0.2, 0) is 21.5 Å². The summed E-state index contributed by atoms with van der Waals surface area (Å²) in [5.41, 5.74) is 3.76. The van der Waals surface area contributed by atoms with Gasteiger partial charge < -0.3 is 13.9 Å². The molecule has 0 aliphatic carbocycles. The lowest BCUT2D eigenvalue weighted by Gasteiger charge is -2.18. The van der Waals surface area contributed by atoms with Crippen molar-refractivity contribution in [2.75, 3.05) is 10.2 Å². The second kappa shape index (κ2) is 13.6. The van der Waals surface area contributed by atoms with Crippen LogP contribution in [-0.4, -0.2) is 30.4 Å². The third-order valence-corrected chi connectivity index (χ3v) is 8.95. The second-order valence-electron chi connectivity index (χ2n) is 10.8. The van der Waals surface area contributed by atoms with Gasteiger partial charge in [-0.05, 0) is 84.4 Å². The number of hydrogen-bond donors (Lipinski definition) is 1. The number of nitrogens with zero attached hydrogens (tertiary/aromatic N) is 4. The van der Waals surface area contributed by atoms with Crippen LogP contribution in [0.1, 0.15) is 17.0 Å². The molecule has 1 amide bonds. The zero-order valence-electron chi connectivity index (χ0n) is 25.6. The minimum absolute atomic E-state index is 0.0537. The minimum Gasteiger partial charge on any atom is -0.419 e. The van der Waals surface area contributed by atoms with Gasteiger partial charge in [0.05, 0.1) is 12.2 Å². The highest BCUT2D eigenvalue weighted by Crippen LogP contribution is 2.30. The van der Waals surface area contributed by atoms with Crippen LogP contribution in [0, 0.1) is 0 Å². The number of carbonyl (C=O) groups is 1. The quantitative estimate of drug-likeness (QED) is 0.115. The van der Waals surface area contributed by atoms with Gasteiger partial charge >= 0.3 is 10.1 Å². The molecule has 49 heavy (non-hydrogen) atoms. The summed E-state index contributed by atoms with van der Waals surface area (Å²) >= 11 is 5.96. The third-order valence-electron chi connectivity index (χ3n) is 7.44.